The Morgan fingerprint density at radius 1 is 1.32 bits per heavy atom. The lowest BCUT2D eigenvalue weighted by atomic mass is 10.2. The molecule has 28 heavy (non-hydrogen) atoms. The van der Waals surface area contributed by atoms with Crippen molar-refractivity contribution in [2.24, 2.45) is 0 Å². The molecule has 0 saturated carbocycles. The summed E-state index contributed by atoms with van der Waals surface area (Å²) < 4.78 is 2.61. The van der Waals surface area contributed by atoms with Crippen molar-refractivity contribution in [2.45, 2.75) is 12.5 Å². The molecule has 0 fully saturated rings. The van der Waals surface area contributed by atoms with Crippen LogP contribution in [-0.2, 0) is 0 Å². The average molecular weight is 450 g/mol. The zero-order valence-corrected chi connectivity index (χ0v) is 18.0. The summed E-state index contributed by atoms with van der Waals surface area (Å²) in [6.07, 6.45) is 4.70. The Labute approximate surface area is 179 Å². The van der Waals surface area contributed by atoms with Crippen LogP contribution < -0.4 is 5.32 Å². The van der Waals surface area contributed by atoms with Crippen molar-refractivity contribution in [3.8, 4) is 9.88 Å². The van der Waals surface area contributed by atoms with Gasteiger partial charge in [-0.2, -0.15) is 11.8 Å². The van der Waals surface area contributed by atoms with Gasteiger partial charge in [0.25, 0.3) is 5.91 Å². The molecule has 1 atom stereocenters. The van der Waals surface area contributed by atoms with Gasteiger partial charge in [0.05, 0.1) is 15.3 Å². The summed E-state index contributed by atoms with van der Waals surface area (Å²) in [4.78, 5) is 18.3. The maximum absolute atomic E-state index is 12.8. The number of pyridine rings is 1. The topological polar surface area (TPSA) is 72.2 Å². The fourth-order valence-corrected chi connectivity index (χ4v) is 5.14. The zero-order chi connectivity index (χ0) is 19.5. The van der Waals surface area contributed by atoms with Gasteiger partial charge in [-0.25, -0.2) is 4.98 Å². The van der Waals surface area contributed by atoms with Crippen LogP contribution in [0.4, 0.5) is 0 Å². The van der Waals surface area contributed by atoms with E-state index in [0.717, 1.165) is 33.5 Å². The maximum atomic E-state index is 12.8. The molecule has 0 aromatic carbocycles. The second-order valence-electron chi connectivity index (χ2n) is 5.94. The van der Waals surface area contributed by atoms with Crippen molar-refractivity contribution >= 4 is 57.6 Å². The standard InChI is InChI=1S/C18H16ClN5OS3/c1-26-9-7-11(16-23-22-15-4-2-3-8-24(15)16)20-17(25)12-10-27-18(21-12)13-5-6-14(19)28-13/h2-6,8,10-11H,7,9H2,1H3,(H,20,25). The first-order chi connectivity index (χ1) is 13.7. The number of aromatic nitrogens is 4. The summed E-state index contributed by atoms with van der Waals surface area (Å²) in [7, 11) is 0. The summed E-state index contributed by atoms with van der Waals surface area (Å²) in [5.41, 5.74) is 1.15. The minimum absolute atomic E-state index is 0.219. The molecule has 6 nitrogen and oxygen atoms in total. The van der Waals surface area contributed by atoms with Gasteiger partial charge in [-0.05, 0) is 42.7 Å². The van der Waals surface area contributed by atoms with Gasteiger partial charge < -0.3 is 5.32 Å². The summed E-state index contributed by atoms with van der Waals surface area (Å²) >= 11 is 10.6. The van der Waals surface area contributed by atoms with Crippen LogP contribution in [0, 0.1) is 0 Å². The predicted octanol–water partition coefficient (Wildman–Crippen LogP) is 4.79. The van der Waals surface area contributed by atoms with Crippen molar-refractivity contribution in [1.82, 2.24) is 24.9 Å². The SMILES string of the molecule is CSCCC(NC(=O)c1csc(-c2ccc(Cl)s2)n1)c1nnc2ccccn12. The number of thiazole rings is 1. The van der Waals surface area contributed by atoms with Crippen molar-refractivity contribution in [2.75, 3.05) is 12.0 Å². The minimum Gasteiger partial charge on any atom is -0.341 e. The fraction of sp³-hybridized carbons (Fsp3) is 0.222. The zero-order valence-electron chi connectivity index (χ0n) is 14.8. The lowest BCUT2D eigenvalue weighted by Crippen LogP contribution is -2.30. The van der Waals surface area contributed by atoms with Gasteiger partial charge in [-0.1, -0.05) is 17.7 Å². The van der Waals surface area contributed by atoms with Gasteiger partial charge in [-0.3, -0.25) is 9.20 Å². The number of halogens is 1. The van der Waals surface area contributed by atoms with E-state index >= 15 is 0 Å². The van der Waals surface area contributed by atoms with Gasteiger partial charge in [0.2, 0.25) is 0 Å². The molecule has 10 heteroatoms. The van der Waals surface area contributed by atoms with Crippen LogP contribution in [0.1, 0.15) is 28.8 Å². The molecule has 0 bridgehead atoms. The number of carbonyl (C=O) groups is 1. The van der Waals surface area contributed by atoms with Crippen molar-refractivity contribution in [1.29, 1.82) is 0 Å². The number of rotatable bonds is 7. The number of hydrogen-bond donors (Lipinski definition) is 1. The molecule has 0 aliphatic heterocycles. The lowest BCUT2D eigenvalue weighted by Gasteiger charge is -2.16. The smallest absolute Gasteiger partial charge is 0.271 e. The van der Waals surface area contributed by atoms with E-state index < -0.39 is 0 Å². The minimum atomic E-state index is -0.251. The van der Waals surface area contributed by atoms with Gasteiger partial charge in [0.1, 0.15) is 10.7 Å². The maximum Gasteiger partial charge on any atom is 0.271 e. The molecule has 144 valence electrons. The molecule has 0 spiro atoms. The Morgan fingerprint density at radius 2 is 2.21 bits per heavy atom. The Hall–Kier alpha value is -1.94. The number of thioether (sulfide) groups is 1. The molecular weight excluding hydrogens is 434 g/mol. The van der Waals surface area contributed by atoms with Crippen LogP contribution in [-0.4, -0.2) is 37.5 Å². The Morgan fingerprint density at radius 3 is 3.00 bits per heavy atom. The lowest BCUT2D eigenvalue weighted by molar-refractivity contribution is 0.0929. The van der Waals surface area contributed by atoms with Crippen LogP contribution in [0.15, 0.2) is 41.9 Å². The quantitative estimate of drug-likeness (QED) is 0.439. The number of nitrogens with one attached hydrogen (secondary N) is 1. The van der Waals surface area contributed by atoms with E-state index in [2.05, 4.69) is 20.5 Å². The van der Waals surface area contributed by atoms with Crippen molar-refractivity contribution in [3.05, 3.63) is 57.8 Å². The van der Waals surface area contributed by atoms with Crippen molar-refractivity contribution < 1.29 is 4.79 Å². The normalized spacial score (nSPS) is 12.4. The predicted molar refractivity (Wildman–Crippen MR) is 117 cm³/mol. The van der Waals surface area contributed by atoms with Gasteiger partial charge in [0.15, 0.2) is 11.5 Å². The van der Waals surface area contributed by atoms with E-state index in [1.54, 1.807) is 17.1 Å². The highest BCUT2D eigenvalue weighted by Gasteiger charge is 2.22. The summed E-state index contributed by atoms with van der Waals surface area (Å²) in [6, 6.07) is 9.22. The summed E-state index contributed by atoms with van der Waals surface area (Å²) in [6.45, 7) is 0. The molecular formula is C18H16ClN5OS3. The molecule has 1 unspecified atom stereocenters. The van der Waals surface area contributed by atoms with Crippen LogP contribution in [0.2, 0.25) is 4.34 Å². The molecule has 4 heterocycles. The first-order valence-corrected chi connectivity index (χ1v) is 11.9. The van der Waals surface area contributed by atoms with Crippen LogP contribution in [0.5, 0.6) is 0 Å². The molecule has 1 N–H and O–H groups in total. The van der Waals surface area contributed by atoms with E-state index in [1.165, 1.54) is 22.7 Å². The van der Waals surface area contributed by atoms with Gasteiger partial charge in [-0.15, -0.1) is 32.9 Å². The average Bonchev–Trinajstić information content (AvgIpc) is 3.43. The third kappa shape index (κ3) is 4.07. The highest BCUT2D eigenvalue weighted by Crippen LogP contribution is 2.33. The van der Waals surface area contributed by atoms with Crippen molar-refractivity contribution in [3.63, 3.8) is 0 Å². The van der Waals surface area contributed by atoms with E-state index in [-0.39, 0.29) is 11.9 Å². The van der Waals surface area contributed by atoms with Crippen LogP contribution in [0.3, 0.4) is 0 Å². The van der Waals surface area contributed by atoms with Crippen LogP contribution in [0.25, 0.3) is 15.5 Å². The fourth-order valence-electron chi connectivity index (χ4n) is 2.75. The number of fused-ring (bicyclic) bond motifs is 1. The molecule has 4 aromatic heterocycles. The number of nitrogens with zero attached hydrogens (tertiary/aromatic N) is 4. The number of carbonyl (C=O) groups excluding carboxylic acids is 1. The first-order valence-electron chi connectivity index (χ1n) is 8.46. The summed E-state index contributed by atoms with van der Waals surface area (Å²) in [5.74, 6) is 1.39. The molecule has 1 amide bonds. The highest BCUT2D eigenvalue weighted by atomic mass is 35.5. The van der Waals surface area contributed by atoms with E-state index in [4.69, 9.17) is 11.6 Å². The highest BCUT2D eigenvalue weighted by molar-refractivity contribution is 7.98. The number of hydrogen-bond acceptors (Lipinski definition) is 7. The molecule has 4 aromatic rings. The summed E-state index contributed by atoms with van der Waals surface area (Å²) in [5, 5.41) is 14.1. The largest absolute Gasteiger partial charge is 0.341 e. The first kappa shape index (κ1) is 19.4. The van der Waals surface area contributed by atoms with Crippen LogP contribution >= 0.6 is 46.0 Å². The second-order valence-corrected chi connectivity index (χ2v) is 9.50. The second kappa shape index (κ2) is 8.60. The van der Waals surface area contributed by atoms with Gasteiger partial charge >= 0.3 is 0 Å². The number of thiophene rings is 1. The molecule has 0 aliphatic carbocycles. The van der Waals surface area contributed by atoms with Gasteiger partial charge in [0, 0.05) is 11.6 Å². The molecule has 0 radical (unpaired) electrons. The third-order valence-corrected chi connectivity index (χ3v) is 6.98. The Balaban J connectivity index is 1.57. The van der Waals surface area contributed by atoms with E-state index in [9.17, 15) is 4.79 Å². The number of amides is 1. The Kier molecular flexibility index (Phi) is 5.96. The molecule has 4 rings (SSSR count). The van der Waals surface area contributed by atoms with E-state index in [1.807, 2.05) is 47.2 Å². The Bertz CT molecular complexity index is 1110. The molecule has 0 aliphatic rings. The third-order valence-electron chi connectivity index (χ3n) is 4.09. The molecule has 0 saturated heterocycles. The monoisotopic (exact) mass is 449 g/mol. The van der Waals surface area contributed by atoms with E-state index in [0.29, 0.717) is 10.0 Å².